The topological polar surface area (TPSA) is 113 Å². The summed E-state index contributed by atoms with van der Waals surface area (Å²) < 4.78 is 0. The van der Waals surface area contributed by atoms with Crippen molar-refractivity contribution in [2.75, 3.05) is 19.6 Å². The Hall–Kier alpha value is -3.81. The quantitative estimate of drug-likeness (QED) is 0.336. The van der Waals surface area contributed by atoms with Crippen molar-refractivity contribution in [3.8, 4) is 0 Å². The van der Waals surface area contributed by atoms with Crippen LogP contribution in [0.4, 0.5) is 0 Å². The number of ketones is 1. The van der Waals surface area contributed by atoms with Crippen LogP contribution in [0.25, 0.3) is 0 Å². The smallest absolute Gasteiger partial charge is 0.261 e. The van der Waals surface area contributed by atoms with Gasteiger partial charge >= 0.3 is 0 Å². The molecule has 1 aliphatic rings. The molecule has 0 bridgehead atoms. The fourth-order valence-electron chi connectivity index (χ4n) is 3.35. The van der Waals surface area contributed by atoms with Crippen LogP contribution in [0.5, 0.6) is 0 Å². The van der Waals surface area contributed by atoms with Crippen molar-refractivity contribution < 1.29 is 24.0 Å². The number of hydrogen-bond acceptors (Lipinski definition) is 5. The lowest BCUT2D eigenvalue weighted by molar-refractivity contribution is -0.122. The molecule has 0 spiro atoms. The predicted molar refractivity (Wildman–Crippen MR) is 117 cm³/mol. The molecule has 8 heteroatoms. The zero-order chi connectivity index (χ0) is 23.1. The van der Waals surface area contributed by atoms with Crippen LogP contribution in [0.2, 0.25) is 0 Å². The number of amides is 4. The second-order valence-electron chi connectivity index (χ2n) is 7.55. The van der Waals surface area contributed by atoms with Gasteiger partial charge in [-0.1, -0.05) is 42.0 Å². The average molecular weight is 435 g/mol. The third-order valence-electron chi connectivity index (χ3n) is 5.16. The lowest BCUT2D eigenvalue weighted by Crippen LogP contribution is -2.37. The first-order valence-electron chi connectivity index (χ1n) is 10.5. The number of rotatable bonds is 10. The monoisotopic (exact) mass is 435 g/mol. The Morgan fingerprint density at radius 2 is 1.28 bits per heavy atom. The Morgan fingerprint density at radius 3 is 1.84 bits per heavy atom. The van der Waals surface area contributed by atoms with E-state index >= 15 is 0 Å². The van der Waals surface area contributed by atoms with Gasteiger partial charge in [-0.25, -0.2) is 0 Å². The molecule has 4 amide bonds. The van der Waals surface area contributed by atoms with Gasteiger partial charge in [0, 0.05) is 44.5 Å². The number of carbonyl (C=O) groups excluding carboxylic acids is 5. The highest BCUT2D eigenvalue weighted by atomic mass is 16.2. The molecule has 0 radical (unpaired) electrons. The molecule has 0 atom stereocenters. The van der Waals surface area contributed by atoms with Gasteiger partial charge in [0.2, 0.25) is 11.8 Å². The number of fused-ring (bicyclic) bond motifs is 1. The van der Waals surface area contributed by atoms with Gasteiger partial charge in [0.1, 0.15) is 0 Å². The van der Waals surface area contributed by atoms with Crippen LogP contribution in [0.15, 0.2) is 48.5 Å². The fraction of sp³-hybridized carbons (Fsp3) is 0.292. The minimum absolute atomic E-state index is 0.00827. The third kappa shape index (κ3) is 5.66. The summed E-state index contributed by atoms with van der Waals surface area (Å²) in [5, 5.41) is 5.29. The van der Waals surface area contributed by atoms with Gasteiger partial charge in [-0.05, 0) is 19.1 Å². The van der Waals surface area contributed by atoms with Crippen LogP contribution in [0, 0.1) is 6.92 Å². The van der Waals surface area contributed by atoms with Crippen molar-refractivity contribution in [3.05, 3.63) is 70.8 Å². The lowest BCUT2D eigenvalue weighted by atomic mass is 10.1. The van der Waals surface area contributed by atoms with E-state index in [1.54, 1.807) is 36.4 Å². The Morgan fingerprint density at radius 1 is 0.750 bits per heavy atom. The van der Waals surface area contributed by atoms with E-state index in [-0.39, 0.29) is 56.5 Å². The van der Waals surface area contributed by atoms with E-state index in [9.17, 15) is 24.0 Å². The van der Waals surface area contributed by atoms with Crippen LogP contribution >= 0.6 is 0 Å². The van der Waals surface area contributed by atoms with Gasteiger partial charge in [0.25, 0.3) is 11.8 Å². The van der Waals surface area contributed by atoms with Gasteiger partial charge in [0.15, 0.2) is 5.78 Å². The first kappa shape index (κ1) is 22.9. The zero-order valence-corrected chi connectivity index (χ0v) is 17.8. The molecule has 32 heavy (non-hydrogen) atoms. The van der Waals surface area contributed by atoms with E-state index < -0.39 is 11.8 Å². The molecule has 8 nitrogen and oxygen atoms in total. The maximum atomic E-state index is 12.3. The van der Waals surface area contributed by atoms with Crippen molar-refractivity contribution in [2.45, 2.75) is 26.2 Å². The standard InChI is InChI=1S/C24H25N3O5/c1-16-6-8-17(9-7-16)20(28)10-11-21(29)25-13-14-26-22(30)12-15-27-23(31)18-4-2-3-5-19(18)24(27)32/h2-9H,10-15H2,1H3,(H,25,29)(H,26,30). The number of nitrogens with one attached hydrogen (secondary N) is 2. The number of benzene rings is 2. The highest BCUT2D eigenvalue weighted by molar-refractivity contribution is 6.21. The van der Waals surface area contributed by atoms with E-state index in [1.165, 1.54) is 0 Å². The molecule has 3 rings (SSSR count). The molecule has 2 aromatic rings. The van der Waals surface area contributed by atoms with Crippen molar-refractivity contribution in [1.29, 1.82) is 0 Å². The Bertz CT molecular complexity index is 1010. The van der Waals surface area contributed by atoms with Gasteiger partial charge in [-0.3, -0.25) is 28.9 Å². The second-order valence-corrected chi connectivity index (χ2v) is 7.55. The summed E-state index contributed by atoms with van der Waals surface area (Å²) in [6.45, 7) is 2.35. The number of Topliss-reactive ketones (excluding diaryl/α,β-unsaturated/α-hetero) is 1. The molecule has 2 N–H and O–H groups in total. The summed E-state index contributed by atoms with van der Waals surface area (Å²) in [7, 11) is 0. The van der Waals surface area contributed by atoms with Crippen LogP contribution in [-0.4, -0.2) is 53.9 Å². The fourth-order valence-corrected chi connectivity index (χ4v) is 3.35. The van der Waals surface area contributed by atoms with Crippen molar-refractivity contribution in [2.24, 2.45) is 0 Å². The number of aryl methyl sites for hydroxylation is 1. The highest BCUT2D eigenvalue weighted by Gasteiger charge is 2.34. The minimum atomic E-state index is -0.397. The molecule has 1 aliphatic heterocycles. The molecule has 0 saturated heterocycles. The molecule has 1 heterocycles. The van der Waals surface area contributed by atoms with Crippen molar-refractivity contribution in [1.82, 2.24) is 15.5 Å². The normalized spacial score (nSPS) is 12.5. The number of nitrogens with zero attached hydrogens (tertiary/aromatic N) is 1. The summed E-state index contributed by atoms with van der Waals surface area (Å²) in [4.78, 5) is 61.6. The summed E-state index contributed by atoms with van der Waals surface area (Å²) >= 11 is 0. The second kappa shape index (κ2) is 10.5. The van der Waals surface area contributed by atoms with Gasteiger partial charge in [-0.15, -0.1) is 0 Å². The van der Waals surface area contributed by atoms with E-state index in [4.69, 9.17) is 0 Å². The van der Waals surface area contributed by atoms with E-state index in [2.05, 4.69) is 10.6 Å². The maximum Gasteiger partial charge on any atom is 0.261 e. The molecule has 166 valence electrons. The molecule has 2 aromatic carbocycles. The zero-order valence-electron chi connectivity index (χ0n) is 17.8. The van der Waals surface area contributed by atoms with Crippen molar-refractivity contribution >= 4 is 29.4 Å². The molecule has 0 fully saturated rings. The highest BCUT2D eigenvalue weighted by Crippen LogP contribution is 2.22. The first-order chi connectivity index (χ1) is 15.4. The number of hydrogen-bond donors (Lipinski definition) is 2. The summed E-state index contributed by atoms with van der Waals surface area (Å²) in [6, 6.07) is 13.7. The van der Waals surface area contributed by atoms with Crippen molar-refractivity contribution in [3.63, 3.8) is 0 Å². The first-order valence-corrected chi connectivity index (χ1v) is 10.5. The van der Waals surface area contributed by atoms with E-state index in [0.29, 0.717) is 16.7 Å². The molecule has 0 unspecified atom stereocenters. The van der Waals surface area contributed by atoms with Crippen LogP contribution in [0.3, 0.4) is 0 Å². The van der Waals surface area contributed by atoms with E-state index in [0.717, 1.165) is 10.5 Å². The molecule has 0 saturated carbocycles. The number of imide groups is 1. The SMILES string of the molecule is Cc1ccc(C(=O)CCC(=O)NCCNC(=O)CCN2C(=O)c3ccccc3C2=O)cc1. The van der Waals surface area contributed by atoms with Gasteiger partial charge in [-0.2, -0.15) is 0 Å². The Labute approximate surface area is 186 Å². The average Bonchev–Trinajstić information content (AvgIpc) is 3.04. The minimum Gasteiger partial charge on any atom is -0.354 e. The summed E-state index contributed by atoms with van der Waals surface area (Å²) in [5.74, 6) is -1.49. The Kier molecular flexibility index (Phi) is 7.49. The van der Waals surface area contributed by atoms with Crippen LogP contribution < -0.4 is 10.6 Å². The maximum absolute atomic E-state index is 12.3. The molecule has 0 aliphatic carbocycles. The largest absolute Gasteiger partial charge is 0.354 e. The summed E-state index contributed by atoms with van der Waals surface area (Å²) in [5.41, 5.74) is 2.33. The Balaban J connectivity index is 1.30. The molecular formula is C24H25N3O5. The molecular weight excluding hydrogens is 410 g/mol. The third-order valence-corrected chi connectivity index (χ3v) is 5.16. The van der Waals surface area contributed by atoms with Gasteiger partial charge < -0.3 is 10.6 Å². The lowest BCUT2D eigenvalue weighted by Gasteiger charge is -2.13. The summed E-state index contributed by atoms with van der Waals surface area (Å²) in [6.07, 6.45) is 0.159. The predicted octanol–water partition coefficient (Wildman–Crippen LogP) is 1.88. The van der Waals surface area contributed by atoms with Crippen LogP contribution in [-0.2, 0) is 9.59 Å². The number of carbonyl (C=O) groups is 5. The molecule has 0 aromatic heterocycles. The van der Waals surface area contributed by atoms with Gasteiger partial charge in [0.05, 0.1) is 11.1 Å². The van der Waals surface area contributed by atoms with Crippen LogP contribution in [0.1, 0.15) is 55.9 Å². The van der Waals surface area contributed by atoms with E-state index in [1.807, 2.05) is 19.1 Å².